The fourth-order valence-electron chi connectivity index (χ4n) is 3.91. The van der Waals surface area contributed by atoms with Crippen LogP contribution in [0, 0.1) is 24.7 Å². The van der Waals surface area contributed by atoms with Crippen molar-refractivity contribution in [2.24, 2.45) is 17.8 Å². The van der Waals surface area contributed by atoms with Gasteiger partial charge in [-0.25, -0.2) is 0 Å². The molecule has 1 N–H and O–H groups in total. The van der Waals surface area contributed by atoms with Gasteiger partial charge in [0.25, 0.3) is 0 Å². The number of fused-ring (bicyclic) bond motifs is 1. The average molecular weight is 321 g/mol. The van der Waals surface area contributed by atoms with Crippen LogP contribution in [0.3, 0.4) is 0 Å². The summed E-state index contributed by atoms with van der Waals surface area (Å²) in [5.41, 5.74) is 3.31. The van der Waals surface area contributed by atoms with E-state index < -0.39 is 0 Å². The van der Waals surface area contributed by atoms with Crippen molar-refractivity contribution in [1.29, 1.82) is 0 Å². The molecule has 3 aliphatic rings. The Morgan fingerprint density at radius 3 is 2.82 bits per heavy atom. The minimum atomic E-state index is 0. The molecule has 2 aromatic heterocycles. The van der Waals surface area contributed by atoms with E-state index >= 15 is 0 Å². The van der Waals surface area contributed by atoms with E-state index in [4.69, 9.17) is 9.62 Å². The van der Waals surface area contributed by atoms with Crippen molar-refractivity contribution in [2.45, 2.75) is 32.2 Å². The highest BCUT2D eigenvalue weighted by molar-refractivity contribution is 5.85. The average Bonchev–Trinajstić information content (AvgIpc) is 3.21. The molecule has 2 saturated carbocycles. The number of piperidine rings is 1. The molecule has 2 unspecified atom stereocenters. The maximum Gasteiger partial charge on any atom is 0.143 e. The van der Waals surface area contributed by atoms with Crippen molar-refractivity contribution in [3.8, 4) is 11.3 Å². The number of nitrogens with zero attached hydrogens (tertiary/aromatic N) is 3. The first kappa shape index (κ1) is 14.3. The van der Waals surface area contributed by atoms with Crippen molar-refractivity contribution in [1.82, 2.24) is 20.3 Å². The first-order chi connectivity index (χ1) is 10.3. The quantitative estimate of drug-likeness (QED) is 0.941. The summed E-state index contributed by atoms with van der Waals surface area (Å²) in [5, 5.41) is 12.6. The molecule has 0 amide bonds. The third-order valence-corrected chi connectivity index (χ3v) is 5.34. The maximum absolute atomic E-state index is 5.50. The zero-order valence-electron chi connectivity index (χ0n) is 12.7. The minimum absolute atomic E-state index is 0. The van der Waals surface area contributed by atoms with Crippen LogP contribution in [0.25, 0.3) is 11.3 Å². The first-order valence-corrected chi connectivity index (χ1v) is 8.02. The molecule has 1 saturated heterocycles. The van der Waals surface area contributed by atoms with Crippen LogP contribution < -0.4 is 5.32 Å². The van der Waals surface area contributed by atoms with Gasteiger partial charge in [-0.1, -0.05) is 5.16 Å². The van der Waals surface area contributed by atoms with Crippen LogP contribution in [0.2, 0.25) is 0 Å². The smallest absolute Gasteiger partial charge is 0.143 e. The monoisotopic (exact) mass is 320 g/mol. The van der Waals surface area contributed by atoms with Crippen LogP contribution >= 0.6 is 12.4 Å². The van der Waals surface area contributed by atoms with Gasteiger partial charge >= 0.3 is 0 Å². The van der Waals surface area contributed by atoms with E-state index in [1.54, 1.807) is 0 Å². The molecule has 3 fully saturated rings. The van der Waals surface area contributed by atoms with E-state index in [9.17, 15) is 0 Å². The number of aromatic nitrogens is 3. The van der Waals surface area contributed by atoms with E-state index in [1.807, 2.05) is 6.92 Å². The van der Waals surface area contributed by atoms with Gasteiger partial charge < -0.3 is 9.84 Å². The van der Waals surface area contributed by atoms with Crippen LogP contribution in [-0.4, -0.2) is 28.0 Å². The van der Waals surface area contributed by atoms with Gasteiger partial charge in [-0.3, -0.25) is 4.68 Å². The van der Waals surface area contributed by atoms with Crippen molar-refractivity contribution >= 4 is 12.4 Å². The van der Waals surface area contributed by atoms with Crippen LogP contribution in [0.5, 0.6) is 0 Å². The molecule has 2 aliphatic carbocycles. The zero-order valence-corrected chi connectivity index (χ0v) is 13.5. The van der Waals surface area contributed by atoms with Crippen molar-refractivity contribution < 1.29 is 4.52 Å². The highest BCUT2D eigenvalue weighted by Gasteiger charge is 2.56. The summed E-state index contributed by atoms with van der Waals surface area (Å²) in [7, 11) is 0. The Bertz CT molecular complexity index is 680. The summed E-state index contributed by atoms with van der Waals surface area (Å²) in [4.78, 5) is 0. The Hall–Kier alpha value is -1.33. The van der Waals surface area contributed by atoms with Gasteiger partial charge in [0.2, 0.25) is 0 Å². The summed E-state index contributed by atoms with van der Waals surface area (Å²) in [6, 6.07) is 2.11. The Labute approximate surface area is 135 Å². The highest BCUT2D eigenvalue weighted by Crippen LogP contribution is 2.57. The second kappa shape index (κ2) is 5.10. The molecule has 5 rings (SSSR count). The van der Waals surface area contributed by atoms with Gasteiger partial charge in [-0.2, -0.15) is 5.10 Å². The summed E-state index contributed by atoms with van der Waals surface area (Å²) in [6.07, 6.45) is 4.80. The van der Waals surface area contributed by atoms with Crippen LogP contribution in [0.1, 0.15) is 30.2 Å². The molecule has 0 radical (unpaired) electrons. The highest BCUT2D eigenvalue weighted by atomic mass is 35.5. The predicted molar refractivity (Wildman–Crippen MR) is 85.0 cm³/mol. The van der Waals surface area contributed by atoms with E-state index in [0.717, 1.165) is 60.1 Å². The lowest BCUT2D eigenvalue weighted by Crippen LogP contribution is -2.14. The normalized spacial score (nSPS) is 29.2. The number of nitrogens with one attached hydrogen (secondary N) is 1. The molecule has 5 nitrogen and oxygen atoms in total. The van der Waals surface area contributed by atoms with Gasteiger partial charge in [0.1, 0.15) is 5.76 Å². The largest absolute Gasteiger partial charge is 0.361 e. The molecule has 2 aromatic rings. The lowest BCUT2D eigenvalue weighted by Gasteiger charge is -2.03. The van der Waals surface area contributed by atoms with Crippen LogP contribution in [0.4, 0.5) is 0 Å². The standard InChI is InChI=1S/C16H20N4O.ClH/c1-9-14(13-4-5-20(18-13)8-10-2-3-10)16(19-21-9)15-11-6-17-7-12(11)15;/h4-5,10-12,15,17H,2-3,6-8H2,1H3;1H. The van der Waals surface area contributed by atoms with E-state index in [1.165, 1.54) is 12.8 Å². The molecular formula is C16H21ClN4O. The molecule has 22 heavy (non-hydrogen) atoms. The first-order valence-electron chi connectivity index (χ1n) is 8.02. The lowest BCUT2D eigenvalue weighted by molar-refractivity contribution is 0.388. The lowest BCUT2D eigenvalue weighted by atomic mass is 10.0. The molecule has 2 atom stereocenters. The minimum Gasteiger partial charge on any atom is -0.361 e. The summed E-state index contributed by atoms with van der Waals surface area (Å²) in [6.45, 7) is 5.30. The Morgan fingerprint density at radius 2 is 2.09 bits per heavy atom. The van der Waals surface area contributed by atoms with E-state index in [0.29, 0.717) is 5.92 Å². The molecule has 3 heterocycles. The Kier molecular flexibility index (Phi) is 3.31. The maximum atomic E-state index is 5.50. The second-order valence-corrected chi connectivity index (χ2v) is 6.88. The number of rotatable bonds is 4. The summed E-state index contributed by atoms with van der Waals surface area (Å²) in [5.74, 6) is 3.82. The fourth-order valence-corrected chi connectivity index (χ4v) is 3.91. The molecule has 0 aromatic carbocycles. The number of halogens is 1. The second-order valence-electron chi connectivity index (χ2n) is 6.88. The molecule has 6 heteroatoms. The van der Waals surface area contributed by atoms with Crippen LogP contribution in [-0.2, 0) is 6.54 Å². The molecule has 118 valence electrons. The Morgan fingerprint density at radius 1 is 1.32 bits per heavy atom. The Balaban J connectivity index is 0.00000125. The van der Waals surface area contributed by atoms with Crippen molar-refractivity contribution in [3.05, 3.63) is 23.7 Å². The molecule has 0 spiro atoms. The number of aryl methyl sites for hydroxylation is 1. The topological polar surface area (TPSA) is 55.9 Å². The third kappa shape index (κ3) is 2.18. The molecular weight excluding hydrogens is 300 g/mol. The summed E-state index contributed by atoms with van der Waals surface area (Å²) < 4.78 is 7.58. The molecule has 0 bridgehead atoms. The third-order valence-electron chi connectivity index (χ3n) is 5.34. The van der Waals surface area contributed by atoms with Crippen molar-refractivity contribution in [3.63, 3.8) is 0 Å². The number of hydrogen-bond donors (Lipinski definition) is 1. The SMILES string of the molecule is Cc1onc(C2C3CNCC32)c1-c1ccn(CC2CC2)n1.Cl. The van der Waals surface area contributed by atoms with Gasteiger partial charge in [0.05, 0.1) is 17.0 Å². The number of hydrogen-bond acceptors (Lipinski definition) is 4. The summed E-state index contributed by atoms with van der Waals surface area (Å²) >= 11 is 0. The fraction of sp³-hybridized carbons (Fsp3) is 0.625. The molecule has 1 aliphatic heterocycles. The van der Waals surface area contributed by atoms with Gasteiger partial charge in [0.15, 0.2) is 0 Å². The van der Waals surface area contributed by atoms with E-state index in [2.05, 4.69) is 27.4 Å². The van der Waals surface area contributed by atoms with Gasteiger partial charge in [0, 0.05) is 18.7 Å². The predicted octanol–water partition coefficient (Wildman–Crippen LogP) is 2.61. The zero-order chi connectivity index (χ0) is 14.0. The van der Waals surface area contributed by atoms with Gasteiger partial charge in [-0.15, -0.1) is 12.4 Å². The van der Waals surface area contributed by atoms with Crippen LogP contribution in [0.15, 0.2) is 16.8 Å². The van der Waals surface area contributed by atoms with Gasteiger partial charge in [-0.05, 0) is 56.7 Å². The van der Waals surface area contributed by atoms with E-state index in [-0.39, 0.29) is 12.4 Å². The van der Waals surface area contributed by atoms with Crippen molar-refractivity contribution in [2.75, 3.05) is 13.1 Å².